The number of hydrogen-bond donors (Lipinski definition) is 0. The van der Waals surface area contributed by atoms with Gasteiger partial charge in [0.2, 0.25) is 0 Å². The van der Waals surface area contributed by atoms with E-state index in [1.807, 2.05) is 19.7 Å². The Labute approximate surface area is 245 Å². The molecule has 0 N–H and O–H groups in total. The van der Waals surface area contributed by atoms with Gasteiger partial charge in [0.15, 0.2) is 0 Å². The van der Waals surface area contributed by atoms with Crippen LogP contribution in [0.3, 0.4) is 0 Å². The monoisotopic (exact) mass is 578 g/mol. The summed E-state index contributed by atoms with van der Waals surface area (Å²) < 4.78 is 0. The van der Waals surface area contributed by atoms with Crippen molar-refractivity contribution in [1.29, 1.82) is 0 Å². The fourth-order valence-corrected chi connectivity index (χ4v) is 12.0. The van der Waals surface area contributed by atoms with Crippen molar-refractivity contribution < 1.29 is 0 Å². The van der Waals surface area contributed by atoms with Gasteiger partial charge in [0.05, 0.1) is 0 Å². The second-order valence-electron chi connectivity index (χ2n) is 11.3. The minimum absolute atomic E-state index is 0.804. The van der Waals surface area contributed by atoms with Crippen molar-refractivity contribution >= 4 is 41.2 Å². The average molecular weight is 579 g/mol. The first kappa shape index (κ1) is 37.4. The van der Waals surface area contributed by atoms with Crippen LogP contribution in [0.25, 0.3) is 0 Å². The van der Waals surface area contributed by atoms with Crippen LogP contribution in [0.5, 0.6) is 0 Å². The molecule has 0 aliphatic rings. The summed E-state index contributed by atoms with van der Waals surface area (Å²) in [4.78, 5) is 0. The summed E-state index contributed by atoms with van der Waals surface area (Å²) in [6.45, 7) is 9.46. The average Bonchev–Trinajstić information content (AvgIpc) is 2.88. The first-order valence-electron chi connectivity index (χ1n) is 16.4. The second kappa shape index (κ2) is 32.6. The van der Waals surface area contributed by atoms with E-state index in [9.17, 15) is 0 Å². The highest BCUT2D eigenvalue weighted by molar-refractivity contribution is 9.26. The van der Waals surface area contributed by atoms with Gasteiger partial charge < -0.3 is 0 Å². The molecule has 2 unspecified atom stereocenters. The number of rotatable bonds is 31. The second-order valence-corrected chi connectivity index (χ2v) is 18.0. The fourth-order valence-electron chi connectivity index (χ4n) is 4.81. The molecule has 0 aromatic heterocycles. The van der Waals surface area contributed by atoms with Crippen LogP contribution in [-0.4, -0.2) is 10.5 Å². The van der Waals surface area contributed by atoms with Gasteiger partial charge in [-0.2, -0.15) is 0 Å². The highest BCUT2D eigenvalue weighted by Crippen LogP contribution is 2.47. The predicted octanol–water partition coefficient (Wildman–Crippen LogP) is 14.6. The molecule has 0 aliphatic heterocycles. The van der Waals surface area contributed by atoms with Crippen LogP contribution < -0.4 is 0 Å². The van der Waals surface area contributed by atoms with Crippen LogP contribution in [0.2, 0.25) is 0 Å². The SMILES string of the molecule is CCCCCCCCCCCCCCC(C)SSSSC(C)CCCCCCCCCCCCCC. The van der Waals surface area contributed by atoms with Crippen molar-refractivity contribution in [3.63, 3.8) is 0 Å². The summed E-state index contributed by atoms with van der Waals surface area (Å²) in [6, 6.07) is 0. The third-order valence-corrected chi connectivity index (χ3v) is 14.7. The van der Waals surface area contributed by atoms with E-state index in [-0.39, 0.29) is 0 Å². The first-order valence-corrected chi connectivity index (χ1v) is 21.3. The Kier molecular flexibility index (Phi) is 33.9. The fraction of sp³-hybridized carbons (Fsp3) is 1.00. The molecule has 0 rings (SSSR count). The molecule has 4 heteroatoms. The molecule has 2 atom stereocenters. The lowest BCUT2D eigenvalue weighted by Crippen LogP contribution is -1.94. The maximum atomic E-state index is 2.43. The van der Waals surface area contributed by atoms with Crippen molar-refractivity contribution in [2.24, 2.45) is 0 Å². The first-order chi connectivity index (χ1) is 17.7. The van der Waals surface area contributed by atoms with Gasteiger partial charge in [-0.3, -0.25) is 0 Å². The standard InChI is InChI=1S/C32H66S4/c1-5-7-9-11-13-15-17-19-21-23-25-27-29-31(3)33-35-36-34-32(4)30-28-26-24-22-20-18-16-14-12-10-8-6-2/h31-32H,5-30H2,1-4H3. The Hall–Kier alpha value is 1.40. The minimum atomic E-state index is 0.804. The zero-order valence-corrected chi connectivity index (χ0v) is 28.4. The lowest BCUT2D eigenvalue weighted by Gasteiger charge is -2.12. The van der Waals surface area contributed by atoms with E-state index in [1.54, 1.807) is 0 Å². The van der Waals surface area contributed by atoms with Gasteiger partial charge in [-0.05, 0) is 32.5 Å². The van der Waals surface area contributed by atoms with Gasteiger partial charge in [0.25, 0.3) is 0 Å². The normalized spacial score (nSPS) is 13.3. The van der Waals surface area contributed by atoms with Crippen LogP contribution in [0.4, 0.5) is 0 Å². The van der Waals surface area contributed by atoms with Crippen molar-refractivity contribution in [2.75, 3.05) is 0 Å². The molecule has 0 fully saturated rings. The van der Waals surface area contributed by atoms with Gasteiger partial charge in [0, 0.05) is 10.5 Å². The topological polar surface area (TPSA) is 0 Å². The molecule has 218 valence electrons. The number of unbranched alkanes of at least 4 members (excludes halogenated alkanes) is 22. The van der Waals surface area contributed by atoms with Crippen molar-refractivity contribution in [3.8, 4) is 0 Å². The summed E-state index contributed by atoms with van der Waals surface area (Å²) in [5, 5.41) is 1.61. The lowest BCUT2D eigenvalue weighted by atomic mass is 10.0. The summed E-state index contributed by atoms with van der Waals surface area (Å²) in [7, 11) is 8.28. The molecule has 0 nitrogen and oxygen atoms in total. The largest absolute Gasteiger partial charge is 0.0786 e. The third-order valence-electron chi connectivity index (χ3n) is 7.36. The highest BCUT2D eigenvalue weighted by Gasteiger charge is 2.07. The summed E-state index contributed by atoms with van der Waals surface area (Å²) in [6.07, 6.45) is 37.7. The Morgan fingerprint density at radius 3 is 0.806 bits per heavy atom. The molecule has 0 saturated carbocycles. The molecule has 0 bridgehead atoms. The zero-order chi connectivity index (χ0) is 26.4. The molecule has 0 amide bonds. The van der Waals surface area contributed by atoms with Crippen molar-refractivity contribution in [2.45, 2.75) is 205 Å². The molecule has 36 heavy (non-hydrogen) atoms. The van der Waals surface area contributed by atoms with E-state index < -0.39 is 0 Å². The highest BCUT2D eigenvalue weighted by atomic mass is 33.7. The lowest BCUT2D eigenvalue weighted by molar-refractivity contribution is 0.539. The predicted molar refractivity (Wildman–Crippen MR) is 181 cm³/mol. The van der Waals surface area contributed by atoms with Crippen LogP contribution in [0, 0.1) is 0 Å². The molecule has 0 heterocycles. The maximum absolute atomic E-state index is 2.43. The molecule has 0 aromatic carbocycles. The number of hydrogen-bond acceptors (Lipinski definition) is 4. The third kappa shape index (κ3) is 31.6. The van der Waals surface area contributed by atoms with E-state index in [1.165, 1.54) is 167 Å². The van der Waals surface area contributed by atoms with Gasteiger partial charge >= 0.3 is 0 Å². The van der Waals surface area contributed by atoms with E-state index in [0.717, 1.165) is 10.5 Å². The zero-order valence-electron chi connectivity index (χ0n) is 25.2. The Morgan fingerprint density at radius 2 is 0.556 bits per heavy atom. The quantitative estimate of drug-likeness (QED) is 0.0592. The summed E-state index contributed by atoms with van der Waals surface area (Å²) >= 11 is 0. The van der Waals surface area contributed by atoms with E-state index >= 15 is 0 Å². The molecular weight excluding hydrogens is 513 g/mol. The summed E-state index contributed by atoms with van der Waals surface area (Å²) in [5.74, 6) is 0. The molecular formula is C32H66S4. The molecule has 0 saturated heterocycles. The van der Waals surface area contributed by atoms with Gasteiger partial charge in [-0.1, -0.05) is 203 Å². The molecule has 0 aromatic rings. The van der Waals surface area contributed by atoms with Gasteiger partial charge in [-0.25, -0.2) is 0 Å². The van der Waals surface area contributed by atoms with Crippen LogP contribution in [-0.2, 0) is 0 Å². The van der Waals surface area contributed by atoms with E-state index in [2.05, 4.69) is 49.3 Å². The van der Waals surface area contributed by atoms with Gasteiger partial charge in [0.1, 0.15) is 0 Å². The van der Waals surface area contributed by atoms with E-state index in [4.69, 9.17) is 0 Å². The van der Waals surface area contributed by atoms with Crippen molar-refractivity contribution in [1.82, 2.24) is 0 Å². The smallest absolute Gasteiger partial charge is 0.0131 e. The van der Waals surface area contributed by atoms with Gasteiger partial charge in [-0.15, -0.1) is 0 Å². The Morgan fingerprint density at radius 1 is 0.333 bits per heavy atom. The van der Waals surface area contributed by atoms with Crippen molar-refractivity contribution in [3.05, 3.63) is 0 Å². The minimum Gasteiger partial charge on any atom is -0.0786 e. The van der Waals surface area contributed by atoms with Crippen LogP contribution in [0.1, 0.15) is 195 Å². The molecule has 0 radical (unpaired) electrons. The van der Waals surface area contributed by atoms with E-state index in [0.29, 0.717) is 0 Å². The Balaban J connectivity index is 3.26. The molecule has 0 aliphatic carbocycles. The summed E-state index contributed by atoms with van der Waals surface area (Å²) in [5.41, 5.74) is 0. The Bertz CT molecular complexity index is 354. The van der Waals surface area contributed by atoms with Crippen LogP contribution >= 0.6 is 41.2 Å². The molecule has 0 spiro atoms. The van der Waals surface area contributed by atoms with Crippen LogP contribution in [0.15, 0.2) is 0 Å². The maximum Gasteiger partial charge on any atom is 0.0131 e.